The van der Waals surface area contributed by atoms with Crippen LogP contribution in [0, 0.1) is 0 Å². The smallest absolute Gasteiger partial charge is 0.0915 e. The number of hydrogen-bond donors (Lipinski definition) is 0. The standard InChI is InChI=1S/C29H18N4S/c1-2-10-27-21(7-1)22-15-19-11-14-34-29(19)18-28(22)33(27)20-16-25(23-8-3-5-12-30-23)32-26(17-20)24-9-4-6-13-31-24/h1-18H. The molecule has 4 nitrogen and oxygen atoms in total. The third kappa shape index (κ3) is 3.02. The molecule has 5 heteroatoms. The average molecular weight is 455 g/mol. The Hall–Kier alpha value is -4.35. The molecule has 0 N–H and O–H groups in total. The molecule has 0 saturated heterocycles. The molecule has 7 aromatic rings. The van der Waals surface area contributed by atoms with Crippen LogP contribution in [0.3, 0.4) is 0 Å². The Bertz CT molecular complexity index is 1740. The molecule has 34 heavy (non-hydrogen) atoms. The molecule has 0 saturated carbocycles. The SMILES string of the molecule is c1ccc(-c2cc(-n3c4ccccc4c4cc5ccsc5cc43)cc(-c3ccccn3)n2)nc1. The fourth-order valence-electron chi connectivity index (χ4n) is 4.64. The van der Waals surface area contributed by atoms with Crippen molar-refractivity contribution in [2.75, 3.05) is 0 Å². The van der Waals surface area contributed by atoms with Gasteiger partial charge in [-0.15, -0.1) is 11.3 Å². The molecule has 0 aliphatic carbocycles. The lowest BCUT2D eigenvalue weighted by molar-refractivity contribution is 1.14. The summed E-state index contributed by atoms with van der Waals surface area (Å²) in [6.07, 6.45) is 3.61. The lowest BCUT2D eigenvalue weighted by Gasteiger charge is -2.12. The van der Waals surface area contributed by atoms with E-state index in [4.69, 9.17) is 4.98 Å². The van der Waals surface area contributed by atoms with Crippen LogP contribution in [0.25, 0.3) is 60.4 Å². The van der Waals surface area contributed by atoms with Gasteiger partial charge in [-0.25, -0.2) is 4.98 Å². The van der Waals surface area contributed by atoms with E-state index in [0.29, 0.717) is 0 Å². The molecule has 0 aliphatic rings. The van der Waals surface area contributed by atoms with Crippen molar-refractivity contribution in [1.29, 1.82) is 0 Å². The Balaban J connectivity index is 1.59. The zero-order valence-corrected chi connectivity index (χ0v) is 18.9. The van der Waals surface area contributed by atoms with Gasteiger partial charge >= 0.3 is 0 Å². The van der Waals surface area contributed by atoms with Gasteiger partial charge in [0.15, 0.2) is 0 Å². The second-order valence-electron chi connectivity index (χ2n) is 8.21. The lowest BCUT2D eigenvalue weighted by Crippen LogP contribution is -1.99. The number of benzene rings is 2. The van der Waals surface area contributed by atoms with E-state index < -0.39 is 0 Å². The molecule has 0 radical (unpaired) electrons. The van der Waals surface area contributed by atoms with E-state index in [1.807, 2.05) is 36.4 Å². The van der Waals surface area contributed by atoms with Crippen molar-refractivity contribution < 1.29 is 0 Å². The van der Waals surface area contributed by atoms with Gasteiger partial charge in [0.2, 0.25) is 0 Å². The van der Waals surface area contributed by atoms with E-state index in [1.165, 1.54) is 31.9 Å². The molecule has 160 valence electrons. The molecule has 0 fully saturated rings. The van der Waals surface area contributed by atoms with E-state index in [-0.39, 0.29) is 0 Å². The molecular weight excluding hydrogens is 436 g/mol. The van der Waals surface area contributed by atoms with Crippen LogP contribution < -0.4 is 0 Å². The summed E-state index contributed by atoms with van der Waals surface area (Å²) >= 11 is 1.77. The fraction of sp³-hybridized carbons (Fsp3) is 0. The lowest BCUT2D eigenvalue weighted by atomic mass is 10.1. The maximum atomic E-state index is 4.95. The minimum Gasteiger partial charge on any atom is -0.309 e. The summed E-state index contributed by atoms with van der Waals surface area (Å²) in [5, 5.41) is 5.91. The summed E-state index contributed by atoms with van der Waals surface area (Å²) in [6.45, 7) is 0. The van der Waals surface area contributed by atoms with Crippen molar-refractivity contribution in [2.45, 2.75) is 0 Å². The highest BCUT2D eigenvalue weighted by Gasteiger charge is 2.16. The minimum absolute atomic E-state index is 0.821. The van der Waals surface area contributed by atoms with Crippen LogP contribution in [0.4, 0.5) is 0 Å². The summed E-state index contributed by atoms with van der Waals surface area (Å²) in [6, 6.07) is 31.5. The predicted octanol–water partition coefficient (Wildman–Crippen LogP) is 7.52. The summed E-state index contributed by atoms with van der Waals surface area (Å²) < 4.78 is 3.62. The summed E-state index contributed by atoms with van der Waals surface area (Å²) in [4.78, 5) is 14.1. The van der Waals surface area contributed by atoms with Crippen LogP contribution >= 0.6 is 11.3 Å². The Morgan fingerprint density at radius 3 is 2.00 bits per heavy atom. The number of rotatable bonds is 3. The van der Waals surface area contributed by atoms with E-state index in [1.54, 1.807) is 23.7 Å². The van der Waals surface area contributed by atoms with Crippen molar-refractivity contribution in [3.63, 3.8) is 0 Å². The zero-order valence-electron chi connectivity index (χ0n) is 18.1. The Morgan fingerprint density at radius 2 is 1.29 bits per heavy atom. The Morgan fingerprint density at radius 1 is 0.588 bits per heavy atom. The number of nitrogens with zero attached hydrogens (tertiary/aromatic N) is 4. The van der Waals surface area contributed by atoms with Gasteiger partial charge in [-0.1, -0.05) is 30.3 Å². The van der Waals surface area contributed by atoms with Crippen molar-refractivity contribution >= 4 is 43.2 Å². The molecule has 0 atom stereocenters. The van der Waals surface area contributed by atoms with Crippen LogP contribution in [0.2, 0.25) is 0 Å². The molecule has 0 unspecified atom stereocenters. The zero-order chi connectivity index (χ0) is 22.5. The highest BCUT2D eigenvalue weighted by atomic mass is 32.1. The number of para-hydroxylation sites is 1. The molecule has 0 spiro atoms. The quantitative estimate of drug-likeness (QED) is 0.277. The third-order valence-electron chi connectivity index (χ3n) is 6.17. The monoisotopic (exact) mass is 454 g/mol. The first kappa shape index (κ1) is 19.1. The molecule has 0 amide bonds. The van der Waals surface area contributed by atoms with Crippen molar-refractivity contribution in [1.82, 2.24) is 19.5 Å². The third-order valence-corrected chi connectivity index (χ3v) is 7.05. The molecule has 0 aliphatic heterocycles. The van der Waals surface area contributed by atoms with Crippen molar-refractivity contribution in [2.24, 2.45) is 0 Å². The van der Waals surface area contributed by atoms with E-state index in [2.05, 4.69) is 74.5 Å². The van der Waals surface area contributed by atoms with Gasteiger partial charge in [-0.3, -0.25) is 9.97 Å². The van der Waals surface area contributed by atoms with E-state index >= 15 is 0 Å². The Labute approximate surface area is 199 Å². The maximum absolute atomic E-state index is 4.95. The van der Waals surface area contributed by atoms with Crippen LogP contribution in [-0.4, -0.2) is 19.5 Å². The van der Waals surface area contributed by atoms with Crippen molar-refractivity contribution in [3.8, 4) is 28.5 Å². The molecule has 0 bridgehead atoms. The van der Waals surface area contributed by atoms with Crippen LogP contribution in [0.5, 0.6) is 0 Å². The maximum Gasteiger partial charge on any atom is 0.0915 e. The largest absolute Gasteiger partial charge is 0.309 e. The van der Waals surface area contributed by atoms with Gasteiger partial charge in [0, 0.05) is 27.9 Å². The van der Waals surface area contributed by atoms with Crippen LogP contribution in [-0.2, 0) is 0 Å². The van der Waals surface area contributed by atoms with E-state index in [0.717, 1.165) is 28.5 Å². The van der Waals surface area contributed by atoms with Crippen LogP contribution in [0.15, 0.2) is 109 Å². The predicted molar refractivity (Wildman–Crippen MR) is 140 cm³/mol. The Kier molecular flexibility index (Phi) is 4.29. The molecule has 5 heterocycles. The normalized spacial score (nSPS) is 11.5. The number of aromatic nitrogens is 4. The van der Waals surface area contributed by atoms with Crippen molar-refractivity contribution in [3.05, 3.63) is 109 Å². The van der Waals surface area contributed by atoms with Gasteiger partial charge in [0.1, 0.15) is 0 Å². The number of pyridine rings is 3. The van der Waals surface area contributed by atoms with Gasteiger partial charge < -0.3 is 4.57 Å². The van der Waals surface area contributed by atoms with Gasteiger partial charge in [0.05, 0.1) is 39.5 Å². The summed E-state index contributed by atoms with van der Waals surface area (Å²) in [7, 11) is 0. The second kappa shape index (κ2) is 7.61. The summed E-state index contributed by atoms with van der Waals surface area (Å²) in [5.74, 6) is 0. The second-order valence-corrected chi connectivity index (χ2v) is 9.15. The fourth-order valence-corrected chi connectivity index (χ4v) is 5.44. The summed E-state index contributed by atoms with van der Waals surface area (Å²) in [5.41, 5.74) is 6.70. The van der Waals surface area contributed by atoms with E-state index in [9.17, 15) is 0 Å². The number of thiophene rings is 1. The molecule has 5 aromatic heterocycles. The highest BCUT2D eigenvalue weighted by molar-refractivity contribution is 7.17. The highest BCUT2D eigenvalue weighted by Crippen LogP contribution is 2.37. The number of fused-ring (bicyclic) bond motifs is 4. The van der Waals surface area contributed by atoms with Crippen LogP contribution in [0.1, 0.15) is 0 Å². The molecule has 2 aromatic carbocycles. The molecular formula is C29H18N4S. The first-order chi connectivity index (χ1) is 16.8. The van der Waals surface area contributed by atoms with Gasteiger partial charge in [-0.2, -0.15) is 0 Å². The minimum atomic E-state index is 0.821. The molecule has 7 rings (SSSR count). The van der Waals surface area contributed by atoms with Gasteiger partial charge in [0.25, 0.3) is 0 Å². The number of hydrogen-bond acceptors (Lipinski definition) is 4. The van der Waals surface area contributed by atoms with Gasteiger partial charge in [-0.05, 0) is 71.4 Å². The first-order valence-electron chi connectivity index (χ1n) is 11.1. The average Bonchev–Trinajstić information content (AvgIpc) is 3.50. The first-order valence-corrected chi connectivity index (χ1v) is 12.0. The topological polar surface area (TPSA) is 43.6 Å².